The summed E-state index contributed by atoms with van der Waals surface area (Å²) in [7, 11) is 0. The number of amides is 1. The highest BCUT2D eigenvalue weighted by molar-refractivity contribution is 6.32. The van der Waals surface area contributed by atoms with E-state index in [4.69, 9.17) is 21.3 Å². The third-order valence-electron chi connectivity index (χ3n) is 8.01. The molecule has 1 aliphatic heterocycles. The van der Waals surface area contributed by atoms with Crippen molar-refractivity contribution in [3.05, 3.63) is 46.2 Å². The van der Waals surface area contributed by atoms with Gasteiger partial charge in [0.15, 0.2) is 5.65 Å². The van der Waals surface area contributed by atoms with Crippen molar-refractivity contribution in [1.29, 1.82) is 0 Å². The van der Waals surface area contributed by atoms with E-state index in [1.165, 1.54) is 11.1 Å². The number of aliphatic hydroxyl groups excluding tert-OH is 1. The van der Waals surface area contributed by atoms with Crippen LogP contribution in [0, 0.1) is 11.3 Å². The molecule has 5 rings (SSSR count). The molecule has 2 aromatic heterocycles. The van der Waals surface area contributed by atoms with Crippen molar-refractivity contribution in [2.24, 2.45) is 11.3 Å². The number of aromatic amines is 1. The van der Waals surface area contributed by atoms with E-state index in [-0.39, 0.29) is 24.5 Å². The number of piperidine rings is 1. The highest BCUT2D eigenvalue weighted by Crippen LogP contribution is 2.37. The number of nitrogens with one attached hydrogen (secondary N) is 1. The van der Waals surface area contributed by atoms with Crippen molar-refractivity contribution < 1.29 is 24.5 Å². The van der Waals surface area contributed by atoms with Crippen LogP contribution < -0.4 is 4.74 Å². The molecule has 1 saturated heterocycles. The van der Waals surface area contributed by atoms with Gasteiger partial charge in [0.05, 0.1) is 34.2 Å². The van der Waals surface area contributed by atoms with Crippen molar-refractivity contribution >= 4 is 40.2 Å². The smallest absolute Gasteiger partial charge is 0.306 e. The molecule has 3 N–H and O–H groups in total. The van der Waals surface area contributed by atoms with Crippen LogP contribution in [-0.4, -0.2) is 67.7 Å². The number of ether oxygens (including phenoxy) is 1. The second kappa shape index (κ2) is 11.1. The molecule has 2 aliphatic carbocycles. The number of aliphatic hydroxyl groups is 1. The second-order valence-electron chi connectivity index (χ2n) is 11.3. The first-order chi connectivity index (χ1) is 18.6. The highest BCUT2D eigenvalue weighted by atomic mass is 35.5. The number of allylic oxidation sites excluding steroid dienone is 6. The predicted molar refractivity (Wildman–Crippen MR) is 148 cm³/mol. The van der Waals surface area contributed by atoms with Gasteiger partial charge in [-0.15, -0.1) is 0 Å². The number of hydrogen-bond acceptors (Lipinski definition) is 6. The Kier molecular flexibility index (Phi) is 7.82. The van der Waals surface area contributed by atoms with E-state index in [0.29, 0.717) is 66.7 Å². The van der Waals surface area contributed by atoms with Crippen LogP contribution in [0.3, 0.4) is 0 Å². The van der Waals surface area contributed by atoms with Gasteiger partial charge in [-0.05, 0) is 68.7 Å². The van der Waals surface area contributed by atoms with Crippen molar-refractivity contribution in [2.45, 2.75) is 64.9 Å². The molecule has 1 amide bonds. The number of pyridine rings is 1. The van der Waals surface area contributed by atoms with Crippen LogP contribution in [-0.2, 0) is 9.59 Å². The number of aromatic nitrogens is 3. The standard InChI is InChI=1S/C29H35ClN4O5/c1-29(2,16-35)27(38)34-13-11-21(12-14-34)39-28-31-23-15-22(30)24(32-25(23)33-28)19-7-3-17(4-8-19)18-5-9-20(10-6-18)26(36)37/h3,5,7,15,20-21,35H,4,6,8-14,16H2,1-2H3,(H,36,37)(H,31,32,33). The van der Waals surface area contributed by atoms with Crippen LogP contribution in [0.15, 0.2) is 35.4 Å². The van der Waals surface area contributed by atoms with E-state index in [1.807, 2.05) is 6.07 Å². The quantitative estimate of drug-likeness (QED) is 0.443. The molecule has 3 aliphatic rings. The van der Waals surface area contributed by atoms with Gasteiger partial charge in [0.1, 0.15) is 6.10 Å². The minimum atomic E-state index is -0.779. The minimum absolute atomic E-state index is 0.0418. The maximum atomic E-state index is 12.6. The van der Waals surface area contributed by atoms with Crippen LogP contribution in [0.1, 0.15) is 64.5 Å². The lowest BCUT2D eigenvalue weighted by Gasteiger charge is -2.36. The molecular formula is C29H35ClN4O5. The summed E-state index contributed by atoms with van der Waals surface area (Å²) in [5, 5.41) is 19.3. The molecule has 0 spiro atoms. The van der Waals surface area contributed by atoms with Crippen molar-refractivity contribution in [2.75, 3.05) is 19.7 Å². The number of aliphatic carboxylic acids is 1. The highest BCUT2D eigenvalue weighted by Gasteiger charge is 2.34. The fourth-order valence-corrected chi connectivity index (χ4v) is 5.73. The first kappa shape index (κ1) is 27.4. The van der Waals surface area contributed by atoms with Gasteiger partial charge in [0, 0.05) is 25.9 Å². The number of carbonyl (C=O) groups is 2. The molecule has 39 heavy (non-hydrogen) atoms. The number of H-pyrrole nitrogens is 1. The molecule has 10 heteroatoms. The topological polar surface area (TPSA) is 129 Å². The van der Waals surface area contributed by atoms with Gasteiger partial charge in [-0.1, -0.05) is 29.8 Å². The SMILES string of the molecule is CC(C)(CO)C(=O)N1CCC(Oc2nc3nc(C4=CC=C(C5=CCC(C(=O)O)CC5)CC4)c(Cl)cc3[nH]2)CC1. The Morgan fingerprint density at radius 1 is 1.10 bits per heavy atom. The number of carboxylic acids is 1. The lowest BCUT2D eigenvalue weighted by molar-refractivity contribution is -0.144. The Labute approximate surface area is 232 Å². The molecule has 3 heterocycles. The number of carbonyl (C=O) groups excluding carboxylic acids is 1. The van der Waals surface area contributed by atoms with Gasteiger partial charge in [-0.25, -0.2) is 4.98 Å². The predicted octanol–water partition coefficient (Wildman–Crippen LogP) is 4.91. The number of fused-ring (bicyclic) bond motifs is 1. The van der Waals surface area contributed by atoms with Gasteiger partial charge in [0.2, 0.25) is 5.91 Å². The summed E-state index contributed by atoms with van der Waals surface area (Å²) in [6.07, 6.45) is 11.2. The van der Waals surface area contributed by atoms with Crippen LogP contribution in [0.25, 0.3) is 16.7 Å². The number of imidazole rings is 1. The zero-order valence-corrected chi connectivity index (χ0v) is 23.1. The molecule has 2 aromatic rings. The zero-order chi connectivity index (χ0) is 27.7. The molecule has 0 radical (unpaired) electrons. The Hall–Kier alpha value is -3.17. The normalized spacial score (nSPS) is 20.9. The van der Waals surface area contributed by atoms with E-state index in [9.17, 15) is 19.8 Å². The molecular weight excluding hydrogens is 520 g/mol. The number of carboxylic acid groups (broad SMARTS) is 1. The summed E-state index contributed by atoms with van der Waals surface area (Å²) >= 11 is 6.63. The lowest BCUT2D eigenvalue weighted by atomic mass is 9.83. The molecule has 208 valence electrons. The van der Waals surface area contributed by atoms with E-state index >= 15 is 0 Å². The van der Waals surface area contributed by atoms with Crippen molar-refractivity contribution in [3.8, 4) is 6.01 Å². The van der Waals surface area contributed by atoms with Crippen molar-refractivity contribution in [3.63, 3.8) is 0 Å². The third-order valence-corrected chi connectivity index (χ3v) is 8.30. The maximum absolute atomic E-state index is 12.6. The number of hydrogen-bond donors (Lipinski definition) is 3. The molecule has 9 nitrogen and oxygen atoms in total. The summed E-state index contributed by atoms with van der Waals surface area (Å²) in [6.45, 7) is 4.47. The number of likely N-dealkylation sites (tertiary alicyclic amines) is 1. The number of nitrogens with zero attached hydrogens (tertiary/aromatic N) is 3. The Bertz CT molecular complexity index is 1370. The largest absolute Gasteiger partial charge is 0.481 e. The number of halogens is 1. The summed E-state index contributed by atoms with van der Waals surface area (Å²) in [4.78, 5) is 38.1. The summed E-state index contributed by atoms with van der Waals surface area (Å²) in [5.74, 6) is -1.03. The zero-order valence-electron chi connectivity index (χ0n) is 22.4. The average Bonchev–Trinajstić information content (AvgIpc) is 3.33. The molecule has 1 unspecified atom stereocenters. The minimum Gasteiger partial charge on any atom is -0.481 e. The van der Waals surface area contributed by atoms with Gasteiger partial charge in [-0.3, -0.25) is 9.59 Å². The third kappa shape index (κ3) is 5.89. The van der Waals surface area contributed by atoms with E-state index in [0.717, 1.165) is 24.8 Å². The molecule has 1 atom stereocenters. The van der Waals surface area contributed by atoms with Gasteiger partial charge >= 0.3 is 5.97 Å². The van der Waals surface area contributed by atoms with Crippen LogP contribution in [0.5, 0.6) is 6.01 Å². The molecule has 0 bridgehead atoms. The van der Waals surface area contributed by atoms with Crippen LogP contribution in [0.4, 0.5) is 0 Å². The van der Waals surface area contributed by atoms with E-state index < -0.39 is 11.4 Å². The van der Waals surface area contributed by atoms with Crippen molar-refractivity contribution in [1.82, 2.24) is 19.9 Å². The van der Waals surface area contributed by atoms with Gasteiger partial charge in [-0.2, -0.15) is 4.98 Å². The second-order valence-corrected chi connectivity index (χ2v) is 11.7. The first-order valence-electron chi connectivity index (χ1n) is 13.6. The van der Waals surface area contributed by atoms with E-state index in [2.05, 4.69) is 28.2 Å². The first-order valence-corrected chi connectivity index (χ1v) is 14.0. The van der Waals surface area contributed by atoms with E-state index in [1.54, 1.807) is 18.7 Å². The average molecular weight is 555 g/mol. The molecule has 1 fully saturated rings. The number of rotatable bonds is 7. The van der Waals surface area contributed by atoms with Gasteiger partial charge < -0.3 is 24.8 Å². The van der Waals surface area contributed by atoms with Crippen LogP contribution in [0.2, 0.25) is 5.02 Å². The Morgan fingerprint density at radius 2 is 1.82 bits per heavy atom. The summed E-state index contributed by atoms with van der Waals surface area (Å²) in [6, 6.07) is 2.21. The Balaban J connectivity index is 1.24. The maximum Gasteiger partial charge on any atom is 0.306 e. The molecule has 0 saturated carbocycles. The fraction of sp³-hybridized carbons (Fsp3) is 0.517. The molecule has 0 aromatic carbocycles. The lowest BCUT2D eigenvalue weighted by Crippen LogP contribution is -2.48. The summed E-state index contributed by atoms with van der Waals surface area (Å²) in [5.41, 5.74) is 4.70. The van der Waals surface area contributed by atoms with Gasteiger partial charge in [0.25, 0.3) is 6.01 Å². The van der Waals surface area contributed by atoms with Crippen LogP contribution >= 0.6 is 11.6 Å². The Morgan fingerprint density at radius 3 is 2.44 bits per heavy atom. The fourth-order valence-electron chi connectivity index (χ4n) is 5.46. The monoisotopic (exact) mass is 554 g/mol. The summed E-state index contributed by atoms with van der Waals surface area (Å²) < 4.78 is 6.10.